The quantitative estimate of drug-likeness (QED) is 0.158. The SMILES string of the molecule is CCCCCCCCCCCCCCCc1n(C)cc[n+]1CCCCCCC. The van der Waals surface area contributed by atoms with Gasteiger partial charge >= 0.3 is 0 Å². The molecule has 0 atom stereocenters. The zero-order valence-corrected chi connectivity index (χ0v) is 19.7. The number of rotatable bonds is 20. The second-order valence-electron chi connectivity index (χ2n) is 8.93. The minimum absolute atomic E-state index is 1.21. The molecular formula is C26H51N2+. The normalized spacial score (nSPS) is 11.4. The summed E-state index contributed by atoms with van der Waals surface area (Å²) in [6.45, 7) is 5.80. The Labute approximate surface area is 177 Å². The van der Waals surface area contributed by atoms with Gasteiger partial charge in [0.1, 0.15) is 12.4 Å². The lowest BCUT2D eigenvalue weighted by atomic mass is 10.0. The first-order chi connectivity index (χ1) is 13.8. The van der Waals surface area contributed by atoms with Gasteiger partial charge in [0.05, 0.1) is 13.6 Å². The first kappa shape index (κ1) is 25.2. The van der Waals surface area contributed by atoms with E-state index in [0.29, 0.717) is 0 Å². The van der Waals surface area contributed by atoms with Gasteiger partial charge in [0.15, 0.2) is 0 Å². The van der Waals surface area contributed by atoms with E-state index < -0.39 is 0 Å². The van der Waals surface area contributed by atoms with E-state index in [-0.39, 0.29) is 0 Å². The van der Waals surface area contributed by atoms with Crippen molar-refractivity contribution < 1.29 is 4.57 Å². The molecule has 164 valence electrons. The smallest absolute Gasteiger partial charge is 0.237 e. The molecule has 0 aliphatic heterocycles. The number of aromatic nitrogens is 2. The van der Waals surface area contributed by atoms with Gasteiger partial charge in [-0.05, 0) is 19.3 Å². The Morgan fingerprint density at radius 3 is 1.54 bits per heavy atom. The third-order valence-electron chi connectivity index (χ3n) is 6.22. The summed E-state index contributed by atoms with van der Waals surface area (Å²) in [6, 6.07) is 0. The Bertz CT molecular complexity index is 449. The highest BCUT2D eigenvalue weighted by atomic mass is 15.1. The largest absolute Gasteiger partial charge is 0.256 e. The lowest BCUT2D eigenvalue weighted by Crippen LogP contribution is -2.37. The molecule has 1 aromatic rings. The molecule has 0 N–H and O–H groups in total. The fourth-order valence-corrected chi connectivity index (χ4v) is 4.27. The highest BCUT2D eigenvalue weighted by molar-refractivity contribution is 4.82. The molecule has 0 aromatic carbocycles. The Balaban J connectivity index is 1.99. The summed E-state index contributed by atoms with van der Waals surface area (Å²) >= 11 is 0. The first-order valence-corrected chi connectivity index (χ1v) is 12.8. The van der Waals surface area contributed by atoms with Crippen LogP contribution in [0, 0.1) is 0 Å². The maximum atomic E-state index is 2.51. The van der Waals surface area contributed by atoms with E-state index in [1.54, 1.807) is 0 Å². The van der Waals surface area contributed by atoms with E-state index in [4.69, 9.17) is 0 Å². The lowest BCUT2D eigenvalue weighted by molar-refractivity contribution is -0.704. The van der Waals surface area contributed by atoms with Gasteiger partial charge in [0, 0.05) is 6.42 Å². The predicted molar refractivity (Wildman–Crippen MR) is 124 cm³/mol. The maximum Gasteiger partial charge on any atom is 0.256 e. The third kappa shape index (κ3) is 12.6. The number of unbranched alkanes of at least 4 members (excludes halogenated alkanes) is 16. The van der Waals surface area contributed by atoms with Gasteiger partial charge in [-0.2, -0.15) is 0 Å². The topological polar surface area (TPSA) is 8.81 Å². The molecule has 1 aromatic heterocycles. The molecule has 0 saturated heterocycles. The van der Waals surface area contributed by atoms with Gasteiger partial charge in [-0.25, -0.2) is 9.13 Å². The monoisotopic (exact) mass is 391 g/mol. The van der Waals surface area contributed by atoms with Gasteiger partial charge in [-0.15, -0.1) is 0 Å². The van der Waals surface area contributed by atoms with Crippen molar-refractivity contribution in [2.75, 3.05) is 0 Å². The maximum absolute atomic E-state index is 2.51. The van der Waals surface area contributed by atoms with Crippen molar-refractivity contribution >= 4 is 0 Å². The van der Waals surface area contributed by atoms with Crippen molar-refractivity contribution in [2.24, 2.45) is 7.05 Å². The molecule has 0 bridgehead atoms. The van der Waals surface area contributed by atoms with E-state index in [2.05, 4.69) is 42.4 Å². The molecule has 1 rings (SSSR count). The van der Waals surface area contributed by atoms with Crippen molar-refractivity contribution in [3.63, 3.8) is 0 Å². The predicted octanol–water partition coefficient (Wildman–Crippen LogP) is 7.92. The summed E-state index contributed by atoms with van der Waals surface area (Å²) in [5.74, 6) is 1.53. The molecule has 1 heterocycles. The van der Waals surface area contributed by atoms with Crippen molar-refractivity contribution in [3.05, 3.63) is 18.2 Å². The summed E-state index contributed by atoms with van der Waals surface area (Å²) in [7, 11) is 2.21. The van der Waals surface area contributed by atoms with Gasteiger partial charge < -0.3 is 0 Å². The average molecular weight is 392 g/mol. The van der Waals surface area contributed by atoms with Crippen LogP contribution in [0.5, 0.6) is 0 Å². The van der Waals surface area contributed by atoms with Crippen LogP contribution in [0.3, 0.4) is 0 Å². The molecule has 0 aliphatic rings. The number of nitrogens with zero attached hydrogens (tertiary/aromatic N) is 2. The van der Waals surface area contributed by atoms with Crippen molar-refractivity contribution in [3.8, 4) is 0 Å². The van der Waals surface area contributed by atoms with E-state index in [1.165, 1.54) is 134 Å². The highest BCUT2D eigenvalue weighted by Crippen LogP contribution is 2.13. The Kier molecular flexibility index (Phi) is 16.5. The van der Waals surface area contributed by atoms with E-state index in [9.17, 15) is 0 Å². The Hall–Kier alpha value is -0.790. The van der Waals surface area contributed by atoms with Crippen LogP contribution < -0.4 is 4.57 Å². The molecule has 0 radical (unpaired) electrons. The molecule has 0 spiro atoms. The average Bonchev–Trinajstić information content (AvgIpc) is 3.05. The van der Waals surface area contributed by atoms with Gasteiger partial charge in [-0.1, -0.05) is 110 Å². The molecule has 2 heteroatoms. The number of imidazole rings is 1. The lowest BCUT2D eigenvalue weighted by Gasteiger charge is -2.05. The summed E-state index contributed by atoms with van der Waals surface area (Å²) in [4.78, 5) is 0. The molecule has 0 fully saturated rings. The Morgan fingerprint density at radius 1 is 0.607 bits per heavy atom. The molecule has 28 heavy (non-hydrogen) atoms. The molecular weight excluding hydrogens is 340 g/mol. The van der Waals surface area contributed by atoms with Crippen LogP contribution in [0.25, 0.3) is 0 Å². The van der Waals surface area contributed by atoms with Crippen LogP contribution in [0.15, 0.2) is 12.4 Å². The fourth-order valence-electron chi connectivity index (χ4n) is 4.27. The minimum atomic E-state index is 1.21. The highest BCUT2D eigenvalue weighted by Gasteiger charge is 2.13. The second-order valence-corrected chi connectivity index (χ2v) is 8.93. The number of hydrogen-bond acceptors (Lipinski definition) is 0. The van der Waals surface area contributed by atoms with E-state index in [0.717, 1.165) is 0 Å². The van der Waals surface area contributed by atoms with Crippen LogP contribution in [-0.2, 0) is 20.0 Å². The summed E-state index contributed by atoms with van der Waals surface area (Å²) in [6.07, 6.45) is 31.3. The summed E-state index contributed by atoms with van der Waals surface area (Å²) in [5.41, 5.74) is 0. The van der Waals surface area contributed by atoms with Crippen LogP contribution in [0.2, 0.25) is 0 Å². The molecule has 0 aliphatic carbocycles. The Morgan fingerprint density at radius 2 is 1.04 bits per heavy atom. The number of hydrogen-bond donors (Lipinski definition) is 0. The van der Waals surface area contributed by atoms with Crippen LogP contribution in [0.4, 0.5) is 0 Å². The van der Waals surface area contributed by atoms with Gasteiger partial charge in [0.25, 0.3) is 5.82 Å². The van der Waals surface area contributed by atoms with Gasteiger partial charge in [0.2, 0.25) is 0 Å². The molecule has 0 amide bonds. The molecule has 2 nitrogen and oxygen atoms in total. The van der Waals surface area contributed by atoms with Crippen molar-refractivity contribution in [1.29, 1.82) is 0 Å². The minimum Gasteiger partial charge on any atom is -0.237 e. The van der Waals surface area contributed by atoms with E-state index >= 15 is 0 Å². The molecule has 0 unspecified atom stereocenters. The summed E-state index contributed by atoms with van der Waals surface area (Å²) in [5, 5.41) is 0. The zero-order chi connectivity index (χ0) is 20.3. The second kappa shape index (κ2) is 18.3. The van der Waals surface area contributed by atoms with Crippen LogP contribution in [-0.4, -0.2) is 4.57 Å². The van der Waals surface area contributed by atoms with Crippen molar-refractivity contribution in [1.82, 2.24) is 4.57 Å². The van der Waals surface area contributed by atoms with Crippen molar-refractivity contribution in [2.45, 2.75) is 142 Å². The van der Waals surface area contributed by atoms with E-state index in [1.807, 2.05) is 0 Å². The standard InChI is InChI=1S/C26H51N2/c1-4-6-8-10-11-12-13-14-15-16-17-18-20-22-26-27(3)24-25-28(26)23-21-19-9-7-5-2/h24-25H,4-23H2,1-3H3/q+1. The first-order valence-electron chi connectivity index (χ1n) is 12.8. The van der Waals surface area contributed by atoms with Gasteiger partial charge in [-0.3, -0.25) is 0 Å². The zero-order valence-electron chi connectivity index (χ0n) is 19.7. The number of aryl methyl sites for hydroxylation is 2. The van der Waals surface area contributed by atoms with Crippen LogP contribution in [0.1, 0.15) is 135 Å². The summed E-state index contributed by atoms with van der Waals surface area (Å²) < 4.78 is 4.85. The third-order valence-corrected chi connectivity index (χ3v) is 6.22. The molecule has 0 saturated carbocycles. The fraction of sp³-hybridized carbons (Fsp3) is 0.885. The van der Waals surface area contributed by atoms with Crippen LogP contribution >= 0.6 is 0 Å².